The predicted molar refractivity (Wildman–Crippen MR) is 65.6 cm³/mol. The number of anilines is 1. The van der Waals surface area contributed by atoms with E-state index in [2.05, 4.69) is 4.74 Å². The zero-order valence-corrected chi connectivity index (χ0v) is 10.6. The molecule has 1 aromatic carbocycles. The molecule has 0 bridgehead atoms. The lowest BCUT2D eigenvalue weighted by Gasteiger charge is -2.27. The number of nitrogens with zero attached hydrogens (tertiary/aromatic N) is 1. The van der Waals surface area contributed by atoms with E-state index in [9.17, 15) is 9.59 Å². The highest BCUT2D eigenvalue weighted by Crippen LogP contribution is 2.23. The van der Waals surface area contributed by atoms with Gasteiger partial charge in [-0.3, -0.25) is 9.59 Å². The molecule has 0 heterocycles. The summed E-state index contributed by atoms with van der Waals surface area (Å²) < 4.78 is 4.64. The Labute approximate surface area is 101 Å². The van der Waals surface area contributed by atoms with Crippen LogP contribution in [0.1, 0.15) is 13.8 Å². The monoisotopic (exact) mass is 235 g/mol. The number of carbonyl (C=O) groups is 2. The second kappa shape index (κ2) is 4.99. The Morgan fingerprint density at radius 1 is 1.18 bits per heavy atom. The Balaban J connectivity index is 2.95. The zero-order chi connectivity index (χ0) is 13.1. The van der Waals surface area contributed by atoms with Gasteiger partial charge in [-0.1, -0.05) is 18.2 Å². The van der Waals surface area contributed by atoms with Crippen molar-refractivity contribution in [2.45, 2.75) is 13.8 Å². The summed E-state index contributed by atoms with van der Waals surface area (Å²) in [6, 6.07) is 9.16. The molecule has 0 atom stereocenters. The molecule has 0 spiro atoms. The van der Waals surface area contributed by atoms with Crippen LogP contribution in [0.15, 0.2) is 30.3 Å². The normalized spacial score (nSPS) is 10.8. The average Bonchev–Trinajstić information content (AvgIpc) is 2.36. The molecule has 0 saturated heterocycles. The Kier molecular flexibility index (Phi) is 3.89. The quantitative estimate of drug-likeness (QED) is 0.593. The van der Waals surface area contributed by atoms with E-state index in [-0.39, 0.29) is 5.91 Å². The molecule has 92 valence electrons. The number of carbonyl (C=O) groups excluding carboxylic acids is 2. The van der Waals surface area contributed by atoms with E-state index in [0.29, 0.717) is 0 Å². The van der Waals surface area contributed by atoms with Crippen LogP contribution in [0, 0.1) is 5.41 Å². The van der Waals surface area contributed by atoms with Crippen molar-refractivity contribution in [1.82, 2.24) is 0 Å². The van der Waals surface area contributed by atoms with Gasteiger partial charge in [0.1, 0.15) is 5.41 Å². The summed E-state index contributed by atoms with van der Waals surface area (Å²) >= 11 is 0. The van der Waals surface area contributed by atoms with Gasteiger partial charge < -0.3 is 9.64 Å². The number of esters is 1. The van der Waals surface area contributed by atoms with Gasteiger partial charge in [0.25, 0.3) is 0 Å². The largest absolute Gasteiger partial charge is 0.468 e. The SMILES string of the molecule is COC(=O)C(C)(C)C(=O)N(C)c1ccccc1. The summed E-state index contributed by atoms with van der Waals surface area (Å²) in [5.74, 6) is -0.833. The fraction of sp³-hybridized carbons (Fsp3) is 0.385. The molecule has 4 heteroatoms. The molecule has 0 radical (unpaired) electrons. The van der Waals surface area contributed by atoms with Gasteiger partial charge in [0, 0.05) is 12.7 Å². The van der Waals surface area contributed by atoms with Crippen LogP contribution in [0.25, 0.3) is 0 Å². The minimum Gasteiger partial charge on any atom is -0.468 e. The first-order valence-electron chi connectivity index (χ1n) is 5.33. The highest BCUT2D eigenvalue weighted by molar-refractivity contribution is 6.09. The molecular weight excluding hydrogens is 218 g/mol. The molecule has 4 nitrogen and oxygen atoms in total. The smallest absolute Gasteiger partial charge is 0.320 e. The third kappa shape index (κ3) is 2.64. The summed E-state index contributed by atoms with van der Waals surface area (Å²) in [4.78, 5) is 25.2. The van der Waals surface area contributed by atoms with E-state index in [0.717, 1.165) is 5.69 Å². The summed E-state index contributed by atoms with van der Waals surface area (Å²) in [5.41, 5.74) is -0.436. The number of benzene rings is 1. The maximum Gasteiger partial charge on any atom is 0.320 e. The Morgan fingerprint density at radius 2 is 1.71 bits per heavy atom. The lowest BCUT2D eigenvalue weighted by Crippen LogP contribution is -2.44. The van der Waals surface area contributed by atoms with Crippen molar-refractivity contribution in [3.63, 3.8) is 0 Å². The summed E-state index contributed by atoms with van der Waals surface area (Å²) in [7, 11) is 2.92. The number of ether oxygens (including phenoxy) is 1. The molecule has 1 amide bonds. The summed E-state index contributed by atoms with van der Waals surface area (Å²) in [6.07, 6.45) is 0. The first-order valence-corrected chi connectivity index (χ1v) is 5.33. The molecule has 0 aliphatic heterocycles. The molecule has 17 heavy (non-hydrogen) atoms. The van der Waals surface area contributed by atoms with Crippen molar-refractivity contribution in [2.75, 3.05) is 19.1 Å². The van der Waals surface area contributed by atoms with Crippen LogP contribution in [0.4, 0.5) is 5.69 Å². The van der Waals surface area contributed by atoms with Crippen molar-refractivity contribution in [1.29, 1.82) is 0 Å². The van der Waals surface area contributed by atoms with Crippen LogP contribution in [-0.4, -0.2) is 26.0 Å². The zero-order valence-electron chi connectivity index (χ0n) is 10.6. The summed E-state index contributed by atoms with van der Waals surface area (Å²) in [5, 5.41) is 0. The topological polar surface area (TPSA) is 46.6 Å². The third-order valence-corrected chi connectivity index (χ3v) is 2.68. The van der Waals surface area contributed by atoms with Crippen molar-refractivity contribution < 1.29 is 14.3 Å². The highest BCUT2D eigenvalue weighted by atomic mass is 16.5. The van der Waals surface area contributed by atoms with E-state index in [1.807, 2.05) is 30.3 Å². The number of hydrogen-bond donors (Lipinski definition) is 0. The standard InChI is InChI=1S/C13H17NO3/c1-13(2,12(16)17-4)11(15)14(3)10-8-6-5-7-9-10/h5-9H,1-4H3. The lowest BCUT2D eigenvalue weighted by molar-refractivity contribution is -0.155. The molecule has 0 fully saturated rings. The van der Waals surface area contributed by atoms with E-state index >= 15 is 0 Å². The Morgan fingerprint density at radius 3 is 2.18 bits per heavy atom. The van der Waals surface area contributed by atoms with Gasteiger partial charge in [-0.2, -0.15) is 0 Å². The van der Waals surface area contributed by atoms with Gasteiger partial charge in [-0.05, 0) is 26.0 Å². The van der Waals surface area contributed by atoms with Crippen LogP contribution < -0.4 is 4.90 Å². The van der Waals surface area contributed by atoms with Gasteiger partial charge in [0.15, 0.2) is 0 Å². The van der Waals surface area contributed by atoms with E-state index in [1.165, 1.54) is 12.0 Å². The fourth-order valence-electron chi connectivity index (χ4n) is 1.53. The van der Waals surface area contributed by atoms with Gasteiger partial charge in [-0.15, -0.1) is 0 Å². The second-order valence-electron chi connectivity index (χ2n) is 4.32. The molecule has 0 unspecified atom stereocenters. The number of hydrogen-bond acceptors (Lipinski definition) is 3. The van der Waals surface area contributed by atoms with E-state index in [4.69, 9.17) is 0 Å². The molecule has 0 N–H and O–H groups in total. The lowest BCUT2D eigenvalue weighted by atomic mass is 9.91. The minimum atomic E-state index is -1.18. The fourth-order valence-corrected chi connectivity index (χ4v) is 1.53. The van der Waals surface area contributed by atoms with Gasteiger partial charge in [0.2, 0.25) is 5.91 Å². The van der Waals surface area contributed by atoms with Gasteiger partial charge in [0.05, 0.1) is 7.11 Å². The number of rotatable bonds is 3. The molecule has 0 aromatic heterocycles. The van der Waals surface area contributed by atoms with Crippen LogP contribution in [0.5, 0.6) is 0 Å². The van der Waals surface area contributed by atoms with Crippen LogP contribution >= 0.6 is 0 Å². The molecule has 0 aliphatic carbocycles. The first kappa shape index (κ1) is 13.2. The number of amides is 1. The van der Waals surface area contributed by atoms with Crippen molar-refractivity contribution in [2.24, 2.45) is 5.41 Å². The first-order chi connectivity index (χ1) is 7.91. The minimum absolute atomic E-state index is 0.296. The van der Waals surface area contributed by atoms with Crippen LogP contribution in [0.3, 0.4) is 0 Å². The number of para-hydroxylation sites is 1. The third-order valence-electron chi connectivity index (χ3n) is 2.68. The molecule has 1 rings (SSSR count). The molecule has 0 saturated carbocycles. The van der Waals surface area contributed by atoms with E-state index in [1.54, 1.807) is 20.9 Å². The molecule has 1 aromatic rings. The van der Waals surface area contributed by atoms with Crippen molar-refractivity contribution in [3.8, 4) is 0 Å². The Hall–Kier alpha value is -1.84. The Bertz CT molecular complexity index is 412. The summed E-state index contributed by atoms with van der Waals surface area (Å²) in [6.45, 7) is 3.11. The van der Waals surface area contributed by atoms with Gasteiger partial charge >= 0.3 is 5.97 Å². The maximum absolute atomic E-state index is 12.2. The molecular formula is C13H17NO3. The number of methoxy groups -OCH3 is 1. The van der Waals surface area contributed by atoms with Crippen LogP contribution in [-0.2, 0) is 14.3 Å². The highest BCUT2D eigenvalue weighted by Gasteiger charge is 2.39. The van der Waals surface area contributed by atoms with Gasteiger partial charge in [-0.25, -0.2) is 0 Å². The van der Waals surface area contributed by atoms with Crippen molar-refractivity contribution >= 4 is 17.6 Å². The van der Waals surface area contributed by atoms with E-state index < -0.39 is 11.4 Å². The maximum atomic E-state index is 12.2. The molecule has 0 aliphatic rings. The predicted octanol–water partition coefficient (Wildman–Crippen LogP) is 1.85. The second-order valence-corrected chi connectivity index (χ2v) is 4.32. The van der Waals surface area contributed by atoms with Crippen LogP contribution in [0.2, 0.25) is 0 Å². The van der Waals surface area contributed by atoms with Crippen molar-refractivity contribution in [3.05, 3.63) is 30.3 Å². The average molecular weight is 235 g/mol.